The second-order valence-electron chi connectivity index (χ2n) is 3.83. The molecule has 21 heavy (non-hydrogen) atoms. The zero-order valence-corrected chi connectivity index (χ0v) is 11.6. The summed E-state index contributed by atoms with van der Waals surface area (Å²) in [6.45, 7) is 0.0210. The molecule has 0 N–H and O–H groups in total. The summed E-state index contributed by atoms with van der Waals surface area (Å²) in [6.07, 6.45) is 7.01. The van der Waals surface area contributed by atoms with Crippen LogP contribution < -0.4 is 4.74 Å². The number of nitrogens with zero attached hydrogens (tertiary/aromatic N) is 5. The molecule has 1 amide bonds. The lowest BCUT2D eigenvalue weighted by atomic mass is 10.0. The van der Waals surface area contributed by atoms with Crippen LogP contribution in [0.3, 0.4) is 0 Å². The molecule has 0 spiro atoms. The Morgan fingerprint density at radius 2 is 2.38 bits per heavy atom. The van der Waals surface area contributed by atoms with Gasteiger partial charge in [0.05, 0.1) is 0 Å². The maximum atomic E-state index is 11.8. The van der Waals surface area contributed by atoms with E-state index in [1.807, 2.05) is 0 Å². The van der Waals surface area contributed by atoms with E-state index < -0.39 is 5.91 Å². The molecule has 1 aromatic heterocycles. The van der Waals surface area contributed by atoms with E-state index in [1.54, 1.807) is 24.4 Å². The van der Waals surface area contributed by atoms with Crippen LogP contribution in [0, 0.1) is 12.3 Å². The van der Waals surface area contributed by atoms with E-state index in [4.69, 9.17) is 16.7 Å². The van der Waals surface area contributed by atoms with Crippen LogP contribution in [0.2, 0.25) is 0 Å². The number of carbonyl (C=O) groups excluding carboxylic acids is 1. The maximum Gasteiger partial charge on any atom is 0.249 e. The van der Waals surface area contributed by atoms with Crippen LogP contribution in [0.4, 0.5) is 0 Å². The van der Waals surface area contributed by atoms with Crippen molar-refractivity contribution in [2.24, 2.45) is 5.11 Å². The van der Waals surface area contributed by atoms with Gasteiger partial charge in [0.1, 0.15) is 6.61 Å². The minimum absolute atomic E-state index is 0.0210. The molecule has 0 aliphatic rings. The van der Waals surface area contributed by atoms with Crippen molar-refractivity contribution in [2.45, 2.75) is 6.61 Å². The number of terminal acetylenes is 1. The Kier molecular flexibility index (Phi) is 4.51. The van der Waals surface area contributed by atoms with E-state index in [9.17, 15) is 4.79 Å². The van der Waals surface area contributed by atoms with Crippen molar-refractivity contribution in [1.29, 1.82) is 0 Å². The van der Waals surface area contributed by atoms with Gasteiger partial charge in [0.2, 0.25) is 11.8 Å². The number of ether oxygens (including phenoxy) is 1. The van der Waals surface area contributed by atoms with Gasteiger partial charge in [-0.2, -0.15) is 0 Å². The number of amides is 1. The Morgan fingerprint density at radius 3 is 3.00 bits per heavy atom. The second-order valence-corrected chi connectivity index (χ2v) is 4.24. The fourth-order valence-electron chi connectivity index (χ4n) is 1.69. The fraction of sp³-hybridized carbons (Fsp3) is 0.0769. The van der Waals surface area contributed by atoms with E-state index in [0.717, 1.165) is 0 Å². The minimum Gasteiger partial charge on any atom is -0.472 e. The zero-order chi connectivity index (χ0) is 15.2. The number of benzene rings is 1. The maximum absolute atomic E-state index is 11.8. The third-order valence-corrected chi connectivity index (χ3v) is 2.84. The quantitative estimate of drug-likeness (QED) is 0.309. The minimum atomic E-state index is -0.715. The van der Waals surface area contributed by atoms with Crippen molar-refractivity contribution in [3.8, 4) is 18.2 Å². The molecular formula is C13H9N5O2S. The van der Waals surface area contributed by atoms with Crippen LogP contribution >= 0.6 is 12.8 Å². The van der Waals surface area contributed by atoms with Crippen molar-refractivity contribution in [2.75, 3.05) is 0 Å². The molecule has 0 saturated heterocycles. The van der Waals surface area contributed by atoms with Crippen molar-refractivity contribution in [3.05, 3.63) is 57.6 Å². The molecule has 1 aromatic carbocycles. The van der Waals surface area contributed by atoms with Gasteiger partial charge in [-0.15, -0.1) is 11.5 Å². The average Bonchev–Trinajstić information content (AvgIpc) is 2.90. The number of aromatic nitrogens is 2. The van der Waals surface area contributed by atoms with Gasteiger partial charge in [0.25, 0.3) is 0 Å². The summed E-state index contributed by atoms with van der Waals surface area (Å²) in [4.78, 5) is 14.3. The molecule has 104 valence electrons. The third-order valence-electron chi connectivity index (χ3n) is 2.61. The van der Waals surface area contributed by atoms with Crippen LogP contribution in [-0.2, 0) is 6.61 Å². The molecule has 7 nitrogen and oxygen atoms in total. The van der Waals surface area contributed by atoms with E-state index in [2.05, 4.69) is 33.9 Å². The first-order valence-electron chi connectivity index (χ1n) is 5.71. The highest BCUT2D eigenvalue weighted by molar-refractivity contribution is 7.78. The van der Waals surface area contributed by atoms with Crippen LogP contribution in [0.25, 0.3) is 10.4 Å². The third kappa shape index (κ3) is 3.36. The van der Waals surface area contributed by atoms with Gasteiger partial charge in [0, 0.05) is 33.9 Å². The van der Waals surface area contributed by atoms with Gasteiger partial charge < -0.3 is 4.74 Å². The first kappa shape index (κ1) is 14.5. The van der Waals surface area contributed by atoms with Gasteiger partial charge in [-0.25, -0.2) is 4.09 Å². The number of rotatable bonds is 4. The van der Waals surface area contributed by atoms with Gasteiger partial charge >= 0.3 is 0 Å². The number of thiol groups is 1. The summed E-state index contributed by atoms with van der Waals surface area (Å²) in [5.74, 6) is 2.08. The van der Waals surface area contributed by atoms with Crippen LogP contribution in [0.1, 0.15) is 21.5 Å². The van der Waals surface area contributed by atoms with E-state index >= 15 is 0 Å². The van der Waals surface area contributed by atoms with E-state index in [1.165, 1.54) is 10.2 Å². The Labute approximate surface area is 125 Å². The molecule has 2 rings (SSSR count). The van der Waals surface area contributed by atoms with Crippen molar-refractivity contribution in [1.82, 2.24) is 9.19 Å². The fourth-order valence-corrected chi connectivity index (χ4v) is 1.85. The van der Waals surface area contributed by atoms with Gasteiger partial charge in [-0.05, 0) is 29.5 Å². The van der Waals surface area contributed by atoms with Crippen molar-refractivity contribution in [3.63, 3.8) is 0 Å². The Bertz CT molecular complexity index is 771. The topological polar surface area (TPSA) is 92.9 Å². The standard InChI is InChI=1S/C13H9N5O2S/c1-2-9-4-3-5-10(13(19)15-17-14)11(9)8-20-12-6-7-18(21)16-12/h1,3-7,21H,8H2. The first-order valence-corrected chi connectivity index (χ1v) is 6.11. The van der Waals surface area contributed by atoms with E-state index in [0.29, 0.717) is 17.0 Å². The summed E-state index contributed by atoms with van der Waals surface area (Å²) in [7, 11) is 0. The highest BCUT2D eigenvalue weighted by atomic mass is 32.1. The second kappa shape index (κ2) is 6.52. The normalized spacial score (nSPS) is 9.52. The van der Waals surface area contributed by atoms with Crippen molar-refractivity contribution < 1.29 is 9.53 Å². The number of azide groups is 1. The number of carbonyl (C=O) groups is 1. The zero-order valence-electron chi connectivity index (χ0n) is 10.7. The lowest BCUT2D eigenvalue weighted by Crippen LogP contribution is -2.07. The highest BCUT2D eigenvalue weighted by Gasteiger charge is 2.14. The van der Waals surface area contributed by atoms with E-state index in [-0.39, 0.29) is 12.2 Å². The largest absolute Gasteiger partial charge is 0.472 e. The molecule has 0 atom stereocenters. The first-order chi connectivity index (χ1) is 10.2. The van der Waals surface area contributed by atoms with Crippen molar-refractivity contribution >= 4 is 18.7 Å². The van der Waals surface area contributed by atoms with Crippen LogP contribution in [0.5, 0.6) is 5.88 Å². The molecule has 0 bridgehead atoms. The predicted molar refractivity (Wildman–Crippen MR) is 78.8 cm³/mol. The molecule has 0 aliphatic heterocycles. The SMILES string of the molecule is C#Cc1cccc(C(=O)N=[N+]=[N-])c1COc1ccn(S)n1. The molecule has 0 fully saturated rings. The monoisotopic (exact) mass is 299 g/mol. The Morgan fingerprint density at radius 1 is 1.57 bits per heavy atom. The summed E-state index contributed by atoms with van der Waals surface area (Å²) >= 11 is 3.99. The molecule has 0 radical (unpaired) electrons. The molecule has 0 aliphatic carbocycles. The molecule has 0 saturated carbocycles. The summed E-state index contributed by atoms with van der Waals surface area (Å²) in [5, 5.41) is 7.01. The summed E-state index contributed by atoms with van der Waals surface area (Å²) in [5.41, 5.74) is 9.52. The lowest BCUT2D eigenvalue weighted by Gasteiger charge is -2.09. The molecule has 0 unspecified atom stereocenters. The Hall–Kier alpha value is -2.88. The number of hydrogen-bond acceptors (Lipinski definition) is 4. The van der Waals surface area contributed by atoms with Crippen LogP contribution in [0.15, 0.2) is 35.6 Å². The summed E-state index contributed by atoms with van der Waals surface area (Å²) < 4.78 is 6.75. The molecule has 2 aromatic rings. The molecule has 1 heterocycles. The summed E-state index contributed by atoms with van der Waals surface area (Å²) in [6, 6.07) is 6.41. The van der Waals surface area contributed by atoms with Gasteiger partial charge in [-0.1, -0.05) is 18.1 Å². The van der Waals surface area contributed by atoms with Crippen LogP contribution in [-0.4, -0.2) is 15.1 Å². The molecule has 8 heteroatoms. The average molecular weight is 299 g/mol. The molecular weight excluding hydrogens is 290 g/mol. The highest BCUT2D eigenvalue weighted by Crippen LogP contribution is 2.18. The Balaban J connectivity index is 2.33. The number of hydrogen-bond donors (Lipinski definition) is 1. The smallest absolute Gasteiger partial charge is 0.249 e. The van der Waals surface area contributed by atoms with Gasteiger partial charge in [0.15, 0.2) is 0 Å². The lowest BCUT2D eigenvalue weighted by molar-refractivity contribution is 0.0997. The predicted octanol–water partition coefficient (Wildman–Crippen LogP) is 2.59. The van der Waals surface area contributed by atoms with Gasteiger partial charge in [-0.3, -0.25) is 4.79 Å².